The molecule has 0 bridgehead atoms. The van der Waals surface area contributed by atoms with Gasteiger partial charge in [-0.25, -0.2) is 18.7 Å². The Bertz CT molecular complexity index is 687. The van der Waals surface area contributed by atoms with Crippen LogP contribution < -0.4 is 16.8 Å². The molecule has 2 aromatic rings. The normalized spacial score (nSPS) is 10.5. The van der Waals surface area contributed by atoms with Gasteiger partial charge in [0.05, 0.1) is 11.4 Å². The molecule has 0 fully saturated rings. The van der Waals surface area contributed by atoms with Crippen molar-refractivity contribution in [2.24, 2.45) is 0 Å². The number of carbonyl (C=O) groups excluding carboxylic acids is 1. The Balaban J connectivity index is 2.02. The minimum absolute atomic E-state index is 0.0911. The second-order valence-electron chi connectivity index (χ2n) is 4.08. The van der Waals surface area contributed by atoms with Gasteiger partial charge in [-0.1, -0.05) is 11.8 Å². The minimum Gasteiger partial charge on any atom is -0.383 e. The first kappa shape index (κ1) is 16.4. The van der Waals surface area contributed by atoms with Gasteiger partial charge in [0.2, 0.25) is 5.91 Å². The largest absolute Gasteiger partial charge is 0.383 e. The van der Waals surface area contributed by atoms with Gasteiger partial charge in [-0.2, -0.15) is 0 Å². The molecule has 0 saturated carbocycles. The average molecular weight is 390 g/mol. The molecule has 116 valence electrons. The number of nitrogen functional groups attached to an aromatic ring is 2. The molecular weight excluding hydrogens is 380 g/mol. The number of benzene rings is 1. The fourth-order valence-electron chi connectivity index (χ4n) is 1.49. The highest BCUT2D eigenvalue weighted by Gasteiger charge is 2.13. The maximum absolute atomic E-state index is 13.6. The van der Waals surface area contributed by atoms with E-state index in [1.807, 2.05) is 0 Å². The first-order valence-corrected chi connectivity index (χ1v) is 7.60. The topological polar surface area (TPSA) is 107 Å². The van der Waals surface area contributed by atoms with Crippen molar-refractivity contribution in [2.75, 3.05) is 22.5 Å². The zero-order valence-corrected chi connectivity index (χ0v) is 13.3. The van der Waals surface area contributed by atoms with Crippen LogP contribution in [0.3, 0.4) is 0 Å². The Hall–Kier alpha value is -1.94. The van der Waals surface area contributed by atoms with E-state index in [0.717, 1.165) is 17.8 Å². The van der Waals surface area contributed by atoms with Gasteiger partial charge in [0.1, 0.15) is 17.5 Å². The van der Waals surface area contributed by atoms with Crippen molar-refractivity contribution in [2.45, 2.75) is 5.16 Å². The summed E-state index contributed by atoms with van der Waals surface area (Å²) in [5, 5.41) is 2.57. The molecule has 0 radical (unpaired) electrons. The van der Waals surface area contributed by atoms with Crippen LogP contribution in [0.5, 0.6) is 0 Å². The van der Waals surface area contributed by atoms with Crippen molar-refractivity contribution >= 4 is 50.9 Å². The van der Waals surface area contributed by atoms with E-state index in [0.29, 0.717) is 6.07 Å². The average Bonchev–Trinajstić information content (AvgIpc) is 2.39. The van der Waals surface area contributed by atoms with Crippen molar-refractivity contribution in [3.63, 3.8) is 0 Å². The van der Waals surface area contributed by atoms with Gasteiger partial charge in [-0.15, -0.1) is 0 Å². The van der Waals surface area contributed by atoms with Gasteiger partial charge >= 0.3 is 0 Å². The van der Waals surface area contributed by atoms with Gasteiger partial charge in [0, 0.05) is 16.6 Å². The zero-order valence-electron chi connectivity index (χ0n) is 10.9. The maximum Gasteiger partial charge on any atom is 0.234 e. The molecule has 0 spiro atoms. The molecule has 2 rings (SSSR count). The van der Waals surface area contributed by atoms with Gasteiger partial charge in [-0.3, -0.25) is 4.79 Å². The molecule has 0 unspecified atom stereocenters. The van der Waals surface area contributed by atoms with Crippen LogP contribution in [0, 0.1) is 11.6 Å². The molecule has 1 aromatic heterocycles. The van der Waals surface area contributed by atoms with Gasteiger partial charge < -0.3 is 16.8 Å². The number of amides is 1. The lowest BCUT2D eigenvalue weighted by Gasteiger charge is -2.08. The van der Waals surface area contributed by atoms with Gasteiger partial charge in [0.15, 0.2) is 11.0 Å². The lowest BCUT2D eigenvalue weighted by Crippen LogP contribution is -2.16. The number of rotatable bonds is 4. The van der Waals surface area contributed by atoms with E-state index in [9.17, 15) is 13.6 Å². The van der Waals surface area contributed by atoms with E-state index in [-0.39, 0.29) is 32.7 Å². The van der Waals surface area contributed by atoms with Crippen LogP contribution in [0.15, 0.2) is 27.8 Å². The predicted molar refractivity (Wildman–Crippen MR) is 84.3 cm³/mol. The highest BCUT2D eigenvalue weighted by Crippen LogP contribution is 2.27. The fourth-order valence-corrected chi connectivity index (χ4v) is 2.67. The molecule has 1 heterocycles. The first-order valence-electron chi connectivity index (χ1n) is 5.82. The summed E-state index contributed by atoms with van der Waals surface area (Å²) in [5.74, 6) is -1.87. The number of nitrogens with two attached hydrogens (primary N) is 2. The lowest BCUT2D eigenvalue weighted by molar-refractivity contribution is -0.113. The fraction of sp³-hybridized carbons (Fsp3) is 0.0833. The summed E-state index contributed by atoms with van der Waals surface area (Å²) in [6.45, 7) is 0. The molecular formula is C12H10BrF2N5OS. The van der Waals surface area contributed by atoms with Crippen LogP contribution in [0.4, 0.5) is 26.1 Å². The summed E-state index contributed by atoms with van der Waals surface area (Å²) in [4.78, 5) is 19.6. The minimum atomic E-state index is -0.880. The number of anilines is 3. The predicted octanol–water partition coefficient (Wildman–Crippen LogP) is 2.41. The van der Waals surface area contributed by atoms with Crippen molar-refractivity contribution in [3.05, 3.63) is 34.3 Å². The van der Waals surface area contributed by atoms with E-state index in [2.05, 4.69) is 31.2 Å². The van der Waals surface area contributed by atoms with Crippen molar-refractivity contribution in [3.8, 4) is 0 Å². The third-order valence-corrected chi connectivity index (χ3v) is 3.82. The molecule has 0 aliphatic heterocycles. The summed E-state index contributed by atoms with van der Waals surface area (Å²) < 4.78 is 26.7. The molecule has 0 aliphatic rings. The van der Waals surface area contributed by atoms with Crippen LogP contribution >= 0.6 is 27.7 Å². The van der Waals surface area contributed by atoms with E-state index in [1.165, 1.54) is 6.07 Å². The van der Waals surface area contributed by atoms with Crippen LogP contribution in [-0.2, 0) is 4.79 Å². The number of hydrogen-bond acceptors (Lipinski definition) is 6. The molecule has 10 heteroatoms. The second kappa shape index (κ2) is 6.88. The molecule has 0 aliphatic carbocycles. The monoisotopic (exact) mass is 389 g/mol. The summed E-state index contributed by atoms with van der Waals surface area (Å²) in [7, 11) is 0. The number of nitrogens with one attached hydrogen (secondary N) is 1. The summed E-state index contributed by atoms with van der Waals surface area (Å²) in [5.41, 5.74) is 10.9. The van der Waals surface area contributed by atoms with Gasteiger partial charge in [-0.05, 0) is 22.0 Å². The van der Waals surface area contributed by atoms with E-state index in [4.69, 9.17) is 11.5 Å². The summed E-state index contributed by atoms with van der Waals surface area (Å²) in [6.07, 6.45) is 0. The Morgan fingerprint density at radius 2 is 1.86 bits per heavy atom. The van der Waals surface area contributed by atoms with Crippen LogP contribution in [0.2, 0.25) is 0 Å². The molecule has 0 saturated heterocycles. The number of carbonyl (C=O) groups is 1. The number of halogens is 3. The van der Waals surface area contributed by atoms with E-state index in [1.54, 1.807) is 0 Å². The standard InChI is InChI=1S/C12H10BrF2N5OS/c13-6-1-5(14)2-7(15)11(6)20-10(21)4-22-12-18-8(16)3-9(17)19-12/h1-3H,4H2,(H,20,21)(H4,16,17,18,19). The number of nitrogens with zero attached hydrogens (tertiary/aromatic N) is 2. The third kappa shape index (κ3) is 4.28. The van der Waals surface area contributed by atoms with Crippen molar-refractivity contribution in [1.29, 1.82) is 0 Å². The lowest BCUT2D eigenvalue weighted by atomic mass is 10.3. The van der Waals surface area contributed by atoms with Crippen LogP contribution in [0.25, 0.3) is 0 Å². The Morgan fingerprint density at radius 3 is 2.45 bits per heavy atom. The maximum atomic E-state index is 13.6. The first-order chi connectivity index (χ1) is 10.3. The Kier molecular flexibility index (Phi) is 5.14. The smallest absolute Gasteiger partial charge is 0.234 e. The molecule has 0 atom stereocenters. The Morgan fingerprint density at radius 1 is 1.23 bits per heavy atom. The van der Waals surface area contributed by atoms with E-state index >= 15 is 0 Å². The highest BCUT2D eigenvalue weighted by atomic mass is 79.9. The van der Waals surface area contributed by atoms with E-state index < -0.39 is 17.5 Å². The zero-order chi connectivity index (χ0) is 16.3. The van der Waals surface area contributed by atoms with Crippen molar-refractivity contribution < 1.29 is 13.6 Å². The third-order valence-electron chi connectivity index (χ3n) is 2.35. The van der Waals surface area contributed by atoms with Crippen LogP contribution in [0.1, 0.15) is 0 Å². The molecule has 5 N–H and O–H groups in total. The van der Waals surface area contributed by atoms with Crippen LogP contribution in [-0.4, -0.2) is 21.6 Å². The Labute approximate surface area is 136 Å². The van der Waals surface area contributed by atoms with Crippen molar-refractivity contribution in [1.82, 2.24) is 9.97 Å². The molecule has 6 nitrogen and oxygen atoms in total. The summed E-state index contributed by atoms with van der Waals surface area (Å²) in [6, 6.07) is 3.11. The molecule has 22 heavy (non-hydrogen) atoms. The quantitative estimate of drug-likeness (QED) is 0.547. The molecule has 1 amide bonds. The summed E-state index contributed by atoms with van der Waals surface area (Å²) >= 11 is 3.97. The number of thioether (sulfide) groups is 1. The highest BCUT2D eigenvalue weighted by molar-refractivity contribution is 9.10. The molecule has 1 aromatic carbocycles. The SMILES string of the molecule is Nc1cc(N)nc(SCC(=O)Nc2c(F)cc(F)cc2Br)n1. The number of hydrogen-bond donors (Lipinski definition) is 3. The number of aromatic nitrogens is 2. The second-order valence-corrected chi connectivity index (χ2v) is 5.88. The van der Waals surface area contributed by atoms with Gasteiger partial charge in [0.25, 0.3) is 0 Å².